The molecule has 0 saturated carbocycles. The van der Waals surface area contributed by atoms with Crippen LogP contribution in [0.4, 0.5) is 21.7 Å². The number of aryl methyl sites for hydroxylation is 1. The van der Waals surface area contributed by atoms with Gasteiger partial charge in [-0.3, -0.25) is 4.40 Å². The van der Waals surface area contributed by atoms with Gasteiger partial charge >= 0.3 is 0 Å². The van der Waals surface area contributed by atoms with Gasteiger partial charge in [-0.05, 0) is 42.2 Å². The van der Waals surface area contributed by atoms with Crippen LogP contribution in [-0.4, -0.2) is 52.1 Å². The van der Waals surface area contributed by atoms with Gasteiger partial charge in [0.05, 0.1) is 18.1 Å². The molecule has 0 bridgehead atoms. The Morgan fingerprint density at radius 2 is 1.91 bits per heavy atom. The normalized spacial score (nSPS) is 14.3. The number of fused-ring (bicyclic) bond motifs is 1. The zero-order chi connectivity index (χ0) is 24.6. The third-order valence-corrected chi connectivity index (χ3v) is 7.08. The van der Waals surface area contributed by atoms with Gasteiger partial charge < -0.3 is 10.2 Å². The maximum Gasteiger partial charge on any atom is 0.225 e. The lowest BCUT2D eigenvalue weighted by molar-refractivity contribution is 0.571. The lowest BCUT2D eigenvalue weighted by Gasteiger charge is -2.26. The molecule has 1 aliphatic rings. The van der Waals surface area contributed by atoms with Crippen molar-refractivity contribution in [1.29, 1.82) is 0 Å². The van der Waals surface area contributed by atoms with Crippen molar-refractivity contribution in [2.75, 3.05) is 29.6 Å². The molecule has 0 radical (unpaired) electrons. The molecule has 180 valence electrons. The standard InChI is InChI=1S/C24H24FN7O2S/c1-3-16-11-28-24(29-12-16)31-8-6-17(7-9-31)21-14-27-23-20(13-26-15-32(21)23)30-18-4-5-22(19(25)10-18)35(2,33)34/h4-6,10-15,30H,3,7-9H2,1-2H3. The Morgan fingerprint density at radius 3 is 2.57 bits per heavy atom. The van der Waals surface area contributed by atoms with Gasteiger partial charge in [-0.25, -0.2) is 32.7 Å². The predicted molar refractivity (Wildman–Crippen MR) is 132 cm³/mol. The number of hydrogen-bond donors (Lipinski definition) is 1. The second kappa shape index (κ2) is 9.06. The Kier molecular flexibility index (Phi) is 5.93. The van der Waals surface area contributed by atoms with Crippen LogP contribution in [0, 0.1) is 5.82 Å². The lowest BCUT2D eigenvalue weighted by Crippen LogP contribution is -2.30. The minimum Gasteiger partial charge on any atom is -0.351 e. The molecule has 1 N–H and O–H groups in total. The van der Waals surface area contributed by atoms with Crippen LogP contribution in [0.5, 0.6) is 0 Å². The van der Waals surface area contributed by atoms with E-state index in [1.165, 1.54) is 12.1 Å². The summed E-state index contributed by atoms with van der Waals surface area (Å²) in [5, 5.41) is 3.10. The number of imidazole rings is 1. The first-order valence-electron chi connectivity index (χ1n) is 11.2. The molecule has 0 saturated heterocycles. The van der Waals surface area contributed by atoms with E-state index in [0.717, 1.165) is 54.5 Å². The van der Waals surface area contributed by atoms with Crippen LogP contribution in [0.25, 0.3) is 11.2 Å². The Hall–Kier alpha value is -3.86. The van der Waals surface area contributed by atoms with Gasteiger partial charge in [0.25, 0.3) is 0 Å². The van der Waals surface area contributed by atoms with Crippen LogP contribution in [0.3, 0.4) is 0 Å². The van der Waals surface area contributed by atoms with Crippen molar-refractivity contribution in [2.24, 2.45) is 0 Å². The number of anilines is 3. The summed E-state index contributed by atoms with van der Waals surface area (Å²) in [4.78, 5) is 19.6. The van der Waals surface area contributed by atoms with Crippen LogP contribution < -0.4 is 10.2 Å². The van der Waals surface area contributed by atoms with E-state index in [4.69, 9.17) is 0 Å². The molecule has 0 spiro atoms. The fourth-order valence-electron chi connectivity index (χ4n) is 4.05. The van der Waals surface area contributed by atoms with E-state index in [0.29, 0.717) is 23.6 Å². The summed E-state index contributed by atoms with van der Waals surface area (Å²) in [5.74, 6) is -0.0930. The van der Waals surface area contributed by atoms with Crippen LogP contribution >= 0.6 is 0 Å². The molecule has 0 fully saturated rings. The highest BCUT2D eigenvalue weighted by atomic mass is 32.2. The van der Waals surface area contributed by atoms with Crippen LogP contribution in [0.1, 0.15) is 24.6 Å². The molecule has 5 rings (SSSR count). The van der Waals surface area contributed by atoms with Gasteiger partial charge in [-0.15, -0.1) is 0 Å². The molecule has 0 amide bonds. The van der Waals surface area contributed by atoms with Crippen LogP contribution in [0.2, 0.25) is 0 Å². The molecular weight excluding hydrogens is 469 g/mol. The minimum absolute atomic E-state index is 0.340. The van der Waals surface area contributed by atoms with E-state index < -0.39 is 15.7 Å². The van der Waals surface area contributed by atoms with Gasteiger partial charge in [0.1, 0.15) is 22.7 Å². The molecule has 4 heterocycles. The van der Waals surface area contributed by atoms with Gasteiger partial charge in [-0.2, -0.15) is 0 Å². The highest BCUT2D eigenvalue weighted by Crippen LogP contribution is 2.28. The second-order valence-electron chi connectivity index (χ2n) is 8.36. The van der Waals surface area contributed by atoms with Crippen molar-refractivity contribution in [3.05, 3.63) is 72.5 Å². The topological polar surface area (TPSA) is 105 Å². The van der Waals surface area contributed by atoms with Crippen LogP contribution in [0.15, 0.2) is 60.3 Å². The SMILES string of the molecule is CCc1cnc(N2CC=C(c3cnc4c(Nc5ccc(S(C)(=O)=O)c(F)c5)cncn34)CC2)nc1. The van der Waals surface area contributed by atoms with Gasteiger partial charge in [0, 0.05) is 37.4 Å². The summed E-state index contributed by atoms with van der Waals surface area (Å²) in [7, 11) is -3.64. The van der Waals surface area contributed by atoms with Crippen molar-refractivity contribution in [2.45, 2.75) is 24.7 Å². The molecule has 35 heavy (non-hydrogen) atoms. The highest BCUT2D eigenvalue weighted by molar-refractivity contribution is 7.90. The van der Waals surface area contributed by atoms with E-state index in [2.05, 4.69) is 43.2 Å². The highest BCUT2D eigenvalue weighted by Gasteiger charge is 2.19. The number of aromatic nitrogens is 5. The van der Waals surface area contributed by atoms with Crippen molar-refractivity contribution < 1.29 is 12.8 Å². The second-order valence-corrected chi connectivity index (χ2v) is 10.3. The van der Waals surface area contributed by atoms with Crippen molar-refractivity contribution in [3.63, 3.8) is 0 Å². The predicted octanol–water partition coefficient (Wildman–Crippen LogP) is 3.66. The van der Waals surface area contributed by atoms with E-state index in [1.54, 1.807) is 18.7 Å². The first-order chi connectivity index (χ1) is 16.8. The molecule has 11 heteroatoms. The van der Waals surface area contributed by atoms with Crippen LogP contribution in [-0.2, 0) is 16.3 Å². The van der Waals surface area contributed by atoms with Gasteiger partial charge in [-0.1, -0.05) is 13.0 Å². The zero-order valence-electron chi connectivity index (χ0n) is 19.3. The van der Waals surface area contributed by atoms with Crippen molar-refractivity contribution in [3.8, 4) is 0 Å². The lowest BCUT2D eigenvalue weighted by atomic mass is 10.1. The summed E-state index contributed by atoms with van der Waals surface area (Å²) in [6, 6.07) is 3.91. The molecule has 1 aromatic carbocycles. The summed E-state index contributed by atoms with van der Waals surface area (Å²) in [5.41, 5.74) is 4.78. The molecule has 3 aromatic heterocycles. The number of rotatable bonds is 6. The fraction of sp³-hybridized carbons (Fsp3) is 0.250. The molecule has 0 unspecified atom stereocenters. The number of benzene rings is 1. The Morgan fingerprint density at radius 1 is 1.11 bits per heavy atom. The van der Waals surface area contributed by atoms with E-state index >= 15 is 0 Å². The average Bonchev–Trinajstić information content (AvgIpc) is 3.29. The Labute approximate surface area is 202 Å². The Balaban J connectivity index is 1.38. The smallest absolute Gasteiger partial charge is 0.225 e. The molecule has 1 aliphatic heterocycles. The van der Waals surface area contributed by atoms with Gasteiger partial charge in [0.2, 0.25) is 5.95 Å². The maximum absolute atomic E-state index is 14.3. The average molecular weight is 494 g/mol. The quantitative estimate of drug-likeness (QED) is 0.434. The summed E-state index contributed by atoms with van der Waals surface area (Å²) in [6.07, 6.45) is 13.6. The van der Waals surface area contributed by atoms with Crippen molar-refractivity contribution in [1.82, 2.24) is 24.3 Å². The van der Waals surface area contributed by atoms with E-state index in [1.807, 2.05) is 16.8 Å². The molecule has 0 atom stereocenters. The Bertz CT molecular complexity index is 1530. The number of halogens is 1. The first kappa shape index (κ1) is 22.9. The fourth-order valence-corrected chi connectivity index (χ4v) is 4.78. The number of nitrogens with zero attached hydrogens (tertiary/aromatic N) is 6. The van der Waals surface area contributed by atoms with E-state index in [9.17, 15) is 12.8 Å². The van der Waals surface area contributed by atoms with Gasteiger partial charge in [0.15, 0.2) is 15.5 Å². The first-order valence-corrected chi connectivity index (χ1v) is 13.1. The minimum atomic E-state index is -3.64. The third kappa shape index (κ3) is 4.59. The third-order valence-electron chi connectivity index (χ3n) is 5.95. The molecular formula is C24H24FN7O2S. The summed E-state index contributed by atoms with van der Waals surface area (Å²) < 4.78 is 39.6. The monoisotopic (exact) mass is 493 g/mol. The molecule has 0 aliphatic carbocycles. The van der Waals surface area contributed by atoms with E-state index in [-0.39, 0.29) is 4.90 Å². The zero-order valence-corrected chi connectivity index (χ0v) is 20.1. The van der Waals surface area contributed by atoms with Crippen molar-refractivity contribution >= 4 is 38.4 Å². The summed E-state index contributed by atoms with van der Waals surface area (Å²) >= 11 is 0. The number of sulfone groups is 1. The molecule has 4 aromatic rings. The largest absolute Gasteiger partial charge is 0.351 e. The maximum atomic E-state index is 14.3. The summed E-state index contributed by atoms with van der Waals surface area (Å²) in [6.45, 7) is 3.54. The molecule has 9 nitrogen and oxygen atoms in total. The number of nitrogens with one attached hydrogen (secondary N) is 1. The number of hydrogen-bond acceptors (Lipinski definition) is 8.